The van der Waals surface area contributed by atoms with Crippen LogP contribution < -0.4 is 21.8 Å². The van der Waals surface area contributed by atoms with Crippen LogP contribution in [0.2, 0.25) is 0 Å². The molecule has 8 atom stereocenters. The number of pyridine rings is 4. The second-order valence-electron chi connectivity index (χ2n) is 18.5. The number of amides is 2. The molecular formula is C50H60N8O6. The van der Waals surface area contributed by atoms with Crippen molar-refractivity contribution in [1.29, 1.82) is 0 Å². The third-order valence-corrected chi connectivity index (χ3v) is 14.4. The third-order valence-electron chi connectivity index (χ3n) is 14.4. The lowest BCUT2D eigenvalue weighted by molar-refractivity contribution is -0.128. The van der Waals surface area contributed by atoms with Crippen molar-refractivity contribution >= 4 is 24.0 Å². The number of fused-ring (bicyclic) bond motifs is 8. The highest BCUT2D eigenvalue weighted by atomic mass is 16.3. The fraction of sp³-hybridized carbons (Fsp3) is 0.480. The van der Waals surface area contributed by atoms with E-state index in [1.165, 1.54) is 25.7 Å². The van der Waals surface area contributed by atoms with E-state index in [1.54, 1.807) is 12.4 Å². The van der Waals surface area contributed by atoms with Crippen LogP contribution in [0.3, 0.4) is 0 Å². The first-order valence-corrected chi connectivity index (χ1v) is 23.0. The van der Waals surface area contributed by atoms with Crippen LogP contribution in [0.15, 0.2) is 95.1 Å². The number of aromatic nitrogens is 4. The van der Waals surface area contributed by atoms with Gasteiger partial charge in [-0.2, -0.15) is 0 Å². The number of nitrogens with one attached hydrogen (secondary N) is 2. The molecule has 2 saturated heterocycles. The molecule has 10 rings (SSSR count). The number of carbonyl (C=O) groups excluding carboxylic acids is 2. The van der Waals surface area contributed by atoms with E-state index in [0.29, 0.717) is 62.2 Å². The van der Waals surface area contributed by atoms with E-state index < -0.39 is 11.8 Å². The summed E-state index contributed by atoms with van der Waals surface area (Å²) < 4.78 is 3.64. The molecule has 6 aliphatic rings. The van der Waals surface area contributed by atoms with Gasteiger partial charge >= 0.3 is 0 Å². The van der Waals surface area contributed by atoms with Gasteiger partial charge < -0.3 is 30.0 Å². The maximum Gasteiger partial charge on any atom is 0.258 e. The van der Waals surface area contributed by atoms with E-state index in [-0.39, 0.29) is 72.1 Å². The van der Waals surface area contributed by atoms with Crippen molar-refractivity contribution in [3.8, 4) is 0 Å². The summed E-state index contributed by atoms with van der Waals surface area (Å²) in [6.45, 7) is 7.18. The first-order valence-electron chi connectivity index (χ1n) is 23.0. The van der Waals surface area contributed by atoms with Crippen molar-refractivity contribution in [1.82, 2.24) is 39.5 Å². The molecule has 14 heteroatoms. The lowest BCUT2D eigenvalue weighted by Crippen LogP contribution is -2.46. The predicted octanol–water partition coefficient (Wildman–Crippen LogP) is 3.93. The fourth-order valence-corrected chi connectivity index (χ4v) is 10.9. The Bertz CT molecular complexity index is 2330. The van der Waals surface area contributed by atoms with E-state index >= 15 is 0 Å². The lowest BCUT2D eigenvalue weighted by Gasteiger charge is -2.38. The Labute approximate surface area is 373 Å². The second-order valence-corrected chi connectivity index (χ2v) is 18.5. The minimum absolute atomic E-state index is 0.0157. The van der Waals surface area contributed by atoms with Crippen molar-refractivity contribution in [2.45, 2.75) is 89.9 Å². The second kappa shape index (κ2) is 18.9. The molecule has 4 N–H and O–H groups in total. The summed E-state index contributed by atoms with van der Waals surface area (Å²) in [6, 6.07) is 14.8. The van der Waals surface area contributed by atoms with Crippen LogP contribution in [0.25, 0.3) is 12.2 Å². The van der Waals surface area contributed by atoms with Crippen LogP contribution in [-0.4, -0.2) is 89.3 Å². The molecule has 0 aromatic carbocycles. The molecule has 8 heterocycles. The van der Waals surface area contributed by atoms with E-state index in [0.717, 1.165) is 22.5 Å². The van der Waals surface area contributed by atoms with Crippen molar-refractivity contribution in [2.75, 3.05) is 26.3 Å². The van der Waals surface area contributed by atoms with Crippen LogP contribution >= 0.6 is 0 Å². The van der Waals surface area contributed by atoms with Crippen LogP contribution in [0.5, 0.6) is 0 Å². The molecule has 2 amide bonds. The molecule has 4 aromatic heterocycles. The van der Waals surface area contributed by atoms with Gasteiger partial charge in [-0.1, -0.05) is 36.4 Å². The van der Waals surface area contributed by atoms with Crippen LogP contribution in [0, 0.1) is 35.5 Å². The van der Waals surface area contributed by atoms with Gasteiger partial charge in [-0.15, -0.1) is 0 Å². The highest BCUT2D eigenvalue weighted by molar-refractivity contribution is 5.81. The first kappa shape index (κ1) is 43.7. The molecule has 4 fully saturated rings. The summed E-state index contributed by atoms with van der Waals surface area (Å²) in [5.74, 6) is -0.145. The summed E-state index contributed by atoms with van der Waals surface area (Å²) >= 11 is 0. The number of carbonyl (C=O) groups is 2. The van der Waals surface area contributed by atoms with Crippen molar-refractivity contribution in [3.05, 3.63) is 140 Å². The van der Waals surface area contributed by atoms with Crippen LogP contribution in [0.1, 0.15) is 85.3 Å². The molecule has 0 spiro atoms. The maximum absolute atomic E-state index is 13.4. The Morgan fingerprint density at radius 3 is 1.42 bits per heavy atom. The van der Waals surface area contributed by atoms with Gasteiger partial charge in [0.05, 0.1) is 23.9 Å². The third kappa shape index (κ3) is 8.56. The number of aliphatic hydroxyl groups excluding tert-OH is 2. The number of aliphatic hydroxyl groups is 2. The SMILES string of the molecule is C/C=C/c1ccc2n(c1=O)C[C@H]1[C@H](CO)[C@@H](C(=O)NCC3CC3)[C@@H]2N1Cc1cccnc1.C/C=C\c1ccc2n(c1=O)C[C@H]1[C@H](CO)[C@@H](C(=O)NCC3CC3)[C@@H]2N1Cc1cccnc1. The monoisotopic (exact) mass is 868 g/mol. The highest BCUT2D eigenvalue weighted by Crippen LogP contribution is 2.50. The van der Waals surface area contributed by atoms with Gasteiger partial charge in [-0.3, -0.25) is 38.9 Å². The molecule has 0 radical (unpaired) electrons. The zero-order chi connectivity index (χ0) is 44.5. The zero-order valence-corrected chi connectivity index (χ0v) is 36.7. The van der Waals surface area contributed by atoms with Gasteiger partial charge in [0.1, 0.15) is 0 Å². The number of allylic oxidation sites excluding steroid dienone is 2. The Kier molecular flexibility index (Phi) is 12.9. The van der Waals surface area contributed by atoms with Crippen molar-refractivity contribution in [2.24, 2.45) is 35.5 Å². The van der Waals surface area contributed by atoms with Gasteiger partial charge in [0, 0.05) is 124 Å². The molecule has 0 unspecified atom stereocenters. The largest absolute Gasteiger partial charge is 0.396 e. The summed E-state index contributed by atoms with van der Waals surface area (Å²) in [5.41, 5.74) is 5.04. The molecule has 4 aromatic rings. The van der Waals surface area contributed by atoms with E-state index in [2.05, 4.69) is 30.4 Å². The molecule has 14 nitrogen and oxygen atoms in total. The Morgan fingerprint density at radius 1 is 0.656 bits per heavy atom. The standard InChI is InChI=1S/2C25H30N4O3/c2*1-2-4-18-8-9-20-23-22(24(31)27-12-16-6-7-16)19(15-30)21(14-29(20)25(18)32)28(23)13-17-5-3-10-26-11-17/h2*2-5,8-11,16,19,21-23,30H,6-7,12-15H2,1H3,(H,27,31)/b4-2+;4-2-/t2*19-,21-,22+,23+/m00/s1. The van der Waals surface area contributed by atoms with E-state index in [1.807, 2.05) is 108 Å². The van der Waals surface area contributed by atoms with Crippen molar-refractivity contribution in [3.63, 3.8) is 0 Å². The molecule has 64 heavy (non-hydrogen) atoms. The van der Waals surface area contributed by atoms with Gasteiger partial charge in [0.25, 0.3) is 11.1 Å². The molecule has 2 aliphatic carbocycles. The quantitative estimate of drug-likeness (QED) is 0.146. The summed E-state index contributed by atoms with van der Waals surface area (Å²) in [5, 5.41) is 27.0. The molecule has 4 aliphatic heterocycles. The number of hydrogen-bond acceptors (Lipinski definition) is 10. The Balaban J connectivity index is 0.000000162. The minimum Gasteiger partial charge on any atom is -0.396 e. The maximum atomic E-state index is 13.4. The van der Waals surface area contributed by atoms with Gasteiger partial charge in [0.15, 0.2) is 0 Å². The predicted molar refractivity (Wildman–Crippen MR) is 243 cm³/mol. The molecule has 336 valence electrons. The number of hydrogen-bond donors (Lipinski definition) is 4. The smallest absolute Gasteiger partial charge is 0.258 e. The fourth-order valence-electron chi connectivity index (χ4n) is 10.9. The zero-order valence-electron chi connectivity index (χ0n) is 36.7. The summed E-state index contributed by atoms with van der Waals surface area (Å²) in [6.07, 6.45) is 19.2. The minimum atomic E-state index is -0.402. The molecular weight excluding hydrogens is 809 g/mol. The van der Waals surface area contributed by atoms with Gasteiger partial charge in [-0.05, 0) is 98.9 Å². The summed E-state index contributed by atoms with van der Waals surface area (Å²) in [7, 11) is 0. The Morgan fingerprint density at radius 2 is 1.08 bits per heavy atom. The van der Waals surface area contributed by atoms with Gasteiger partial charge in [-0.25, -0.2) is 0 Å². The molecule has 4 bridgehead atoms. The van der Waals surface area contributed by atoms with E-state index in [4.69, 9.17) is 0 Å². The Hall–Kier alpha value is -5.54. The lowest BCUT2D eigenvalue weighted by atomic mass is 9.86. The van der Waals surface area contributed by atoms with Crippen LogP contribution in [-0.2, 0) is 35.8 Å². The van der Waals surface area contributed by atoms with E-state index in [9.17, 15) is 29.4 Å². The first-order chi connectivity index (χ1) is 31.2. The van der Waals surface area contributed by atoms with Gasteiger partial charge in [0.2, 0.25) is 11.8 Å². The number of rotatable bonds is 14. The molecule has 2 saturated carbocycles. The highest BCUT2D eigenvalue weighted by Gasteiger charge is 2.57. The van der Waals surface area contributed by atoms with Crippen molar-refractivity contribution < 1.29 is 19.8 Å². The normalized spacial score (nSPS) is 26.9. The average molecular weight is 869 g/mol. The summed E-state index contributed by atoms with van der Waals surface area (Å²) in [4.78, 5) is 66.3. The average Bonchev–Trinajstić information content (AvgIpc) is 4.26. The topological polar surface area (TPSA) is 175 Å². The number of nitrogens with zero attached hydrogens (tertiary/aromatic N) is 6. The van der Waals surface area contributed by atoms with Crippen LogP contribution in [0.4, 0.5) is 0 Å².